The predicted molar refractivity (Wildman–Crippen MR) is 83.9 cm³/mol. The number of ether oxygens (including phenoxy) is 1. The number of nitrogens with zero attached hydrogens (tertiary/aromatic N) is 4. The molecule has 3 rings (SSSR count). The van der Waals surface area contributed by atoms with E-state index in [2.05, 4.69) is 28.0 Å². The molecule has 1 fully saturated rings. The number of hydrogen-bond acceptors (Lipinski definition) is 4. The molecule has 2 aromatic rings. The molecule has 21 heavy (non-hydrogen) atoms. The second-order valence-electron chi connectivity index (χ2n) is 5.90. The van der Waals surface area contributed by atoms with E-state index in [0.29, 0.717) is 5.92 Å². The van der Waals surface area contributed by atoms with E-state index in [0.717, 1.165) is 43.3 Å². The van der Waals surface area contributed by atoms with E-state index in [4.69, 9.17) is 4.74 Å². The standard InChI is InChI=1S/C16H24N4O/c1-4-21-11-14-5-7-19(8-6-14)16-10-12(2)17-15-9-13(3)18-20(15)16/h9-10,14H,4-8,11H2,1-3H3. The first-order valence-corrected chi connectivity index (χ1v) is 7.84. The largest absolute Gasteiger partial charge is 0.381 e. The minimum absolute atomic E-state index is 0.694. The summed E-state index contributed by atoms with van der Waals surface area (Å²) < 4.78 is 7.54. The molecule has 0 unspecified atom stereocenters. The van der Waals surface area contributed by atoms with Crippen molar-refractivity contribution in [2.75, 3.05) is 31.2 Å². The number of anilines is 1. The van der Waals surface area contributed by atoms with Crippen molar-refractivity contribution in [3.05, 3.63) is 23.5 Å². The van der Waals surface area contributed by atoms with Crippen molar-refractivity contribution in [3.63, 3.8) is 0 Å². The zero-order chi connectivity index (χ0) is 14.8. The second kappa shape index (κ2) is 6.02. The lowest BCUT2D eigenvalue weighted by Gasteiger charge is -2.33. The lowest BCUT2D eigenvalue weighted by Crippen LogP contribution is -2.36. The molecular weight excluding hydrogens is 264 g/mol. The summed E-state index contributed by atoms with van der Waals surface area (Å²) in [6.07, 6.45) is 2.37. The van der Waals surface area contributed by atoms with Gasteiger partial charge in [0.05, 0.1) is 5.69 Å². The topological polar surface area (TPSA) is 42.7 Å². The third-order valence-electron chi connectivity index (χ3n) is 4.15. The van der Waals surface area contributed by atoms with Crippen LogP contribution in [0.15, 0.2) is 12.1 Å². The Morgan fingerprint density at radius 1 is 1.19 bits per heavy atom. The lowest BCUT2D eigenvalue weighted by atomic mass is 9.98. The van der Waals surface area contributed by atoms with Crippen LogP contribution in [0.2, 0.25) is 0 Å². The predicted octanol–water partition coefficient (Wildman–Crippen LogP) is 2.60. The minimum atomic E-state index is 0.694. The fraction of sp³-hybridized carbons (Fsp3) is 0.625. The Morgan fingerprint density at radius 3 is 2.67 bits per heavy atom. The molecule has 1 saturated heterocycles. The molecule has 0 aliphatic carbocycles. The summed E-state index contributed by atoms with van der Waals surface area (Å²) in [4.78, 5) is 6.99. The van der Waals surface area contributed by atoms with Crippen LogP contribution in [0.25, 0.3) is 5.65 Å². The first-order chi connectivity index (χ1) is 10.2. The third-order valence-corrected chi connectivity index (χ3v) is 4.15. The van der Waals surface area contributed by atoms with E-state index in [9.17, 15) is 0 Å². The van der Waals surface area contributed by atoms with Gasteiger partial charge in [-0.3, -0.25) is 0 Å². The molecule has 0 N–H and O–H groups in total. The average molecular weight is 288 g/mol. The maximum absolute atomic E-state index is 5.56. The van der Waals surface area contributed by atoms with Gasteiger partial charge in [-0.25, -0.2) is 4.98 Å². The van der Waals surface area contributed by atoms with Gasteiger partial charge in [0.25, 0.3) is 0 Å². The molecule has 0 spiro atoms. The summed E-state index contributed by atoms with van der Waals surface area (Å²) >= 11 is 0. The zero-order valence-corrected chi connectivity index (χ0v) is 13.2. The molecule has 114 valence electrons. The monoisotopic (exact) mass is 288 g/mol. The Labute approximate surface area is 125 Å². The van der Waals surface area contributed by atoms with Gasteiger partial charge in [-0.05, 0) is 39.5 Å². The van der Waals surface area contributed by atoms with Gasteiger partial charge in [0, 0.05) is 44.1 Å². The van der Waals surface area contributed by atoms with Gasteiger partial charge in [-0.15, -0.1) is 0 Å². The third kappa shape index (κ3) is 3.02. The van der Waals surface area contributed by atoms with Crippen molar-refractivity contribution in [2.24, 2.45) is 5.92 Å². The molecule has 0 bridgehead atoms. The van der Waals surface area contributed by atoms with Crippen molar-refractivity contribution in [1.82, 2.24) is 14.6 Å². The fourth-order valence-electron chi connectivity index (χ4n) is 3.03. The van der Waals surface area contributed by atoms with Crippen LogP contribution in [0.3, 0.4) is 0 Å². The molecule has 1 aliphatic heterocycles. The molecule has 5 nitrogen and oxygen atoms in total. The van der Waals surface area contributed by atoms with Gasteiger partial charge in [-0.1, -0.05) is 0 Å². The van der Waals surface area contributed by atoms with Gasteiger partial charge in [0.1, 0.15) is 5.82 Å². The number of piperidine rings is 1. The van der Waals surface area contributed by atoms with E-state index in [1.807, 2.05) is 24.4 Å². The molecule has 0 aromatic carbocycles. The van der Waals surface area contributed by atoms with Gasteiger partial charge >= 0.3 is 0 Å². The molecule has 5 heteroatoms. The Kier molecular flexibility index (Phi) is 4.10. The summed E-state index contributed by atoms with van der Waals surface area (Å²) in [5.74, 6) is 1.86. The molecule has 0 saturated carbocycles. The molecule has 1 aliphatic rings. The van der Waals surface area contributed by atoms with Crippen LogP contribution in [0, 0.1) is 19.8 Å². The zero-order valence-electron chi connectivity index (χ0n) is 13.2. The van der Waals surface area contributed by atoms with Crippen LogP contribution in [0.1, 0.15) is 31.2 Å². The second-order valence-corrected chi connectivity index (χ2v) is 5.90. The Bertz CT molecular complexity index is 614. The molecule has 0 amide bonds. The fourth-order valence-corrected chi connectivity index (χ4v) is 3.03. The molecule has 2 aromatic heterocycles. The van der Waals surface area contributed by atoms with Crippen LogP contribution in [0.4, 0.5) is 5.82 Å². The summed E-state index contributed by atoms with van der Waals surface area (Å²) in [5, 5.41) is 4.59. The van der Waals surface area contributed by atoms with Gasteiger partial charge < -0.3 is 9.64 Å². The van der Waals surface area contributed by atoms with Gasteiger partial charge in [-0.2, -0.15) is 9.61 Å². The van der Waals surface area contributed by atoms with Crippen LogP contribution >= 0.6 is 0 Å². The lowest BCUT2D eigenvalue weighted by molar-refractivity contribution is 0.100. The number of aryl methyl sites for hydroxylation is 2. The highest BCUT2D eigenvalue weighted by atomic mass is 16.5. The summed E-state index contributed by atoms with van der Waals surface area (Å²) in [7, 11) is 0. The summed E-state index contributed by atoms with van der Waals surface area (Å²) in [6, 6.07) is 4.18. The van der Waals surface area contributed by atoms with E-state index in [-0.39, 0.29) is 0 Å². The first-order valence-electron chi connectivity index (χ1n) is 7.84. The molecule has 0 radical (unpaired) electrons. The minimum Gasteiger partial charge on any atom is -0.381 e. The van der Waals surface area contributed by atoms with E-state index < -0.39 is 0 Å². The first kappa shape index (κ1) is 14.3. The Hall–Kier alpha value is -1.62. The molecule has 3 heterocycles. The number of hydrogen-bond donors (Lipinski definition) is 0. The van der Waals surface area contributed by atoms with Gasteiger partial charge in [0.15, 0.2) is 5.65 Å². The summed E-state index contributed by atoms with van der Waals surface area (Å²) in [6.45, 7) is 9.97. The van der Waals surface area contributed by atoms with E-state index in [1.54, 1.807) is 0 Å². The van der Waals surface area contributed by atoms with Crippen LogP contribution < -0.4 is 4.90 Å². The van der Waals surface area contributed by atoms with E-state index >= 15 is 0 Å². The van der Waals surface area contributed by atoms with Crippen LogP contribution in [-0.4, -0.2) is 40.9 Å². The van der Waals surface area contributed by atoms with Crippen molar-refractivity contribution in [2.45, 2.75) is 33.6 Å². The quantitative estimate of drug-likeness (QED) is 0.867. The number of fused-ring (bicyclic) bond motifs is 1. The Morgan fingerprint density at radius 2 is 1.95 bits per heavy atom. The van der Waals surface area contributed by atoms with Crippen molar-refractivity contribution in [1.29, 1.82) is 0 Å². The number of rotatable bonds is 4. The molecule has 0 atom stereocenters. The Balaban J connectivity index is 1.79. The van der Waals surface area contributed by atoms with Crippen LogP contribution in [0.5, 0.6) is 0 Å². The van der Waals surface area contributed by atoms with E-state index in [1.165, 1.54) is 18.7 Å². The number of aromatic nitrogens is 3. The highest BCUT2D eigenvalue weighted by Gasteiger charge is 2.21. The smallest absolute Gasteiger partial charge is 0.157 e. The summed E-state index contributed by atoms with van der Waals surface area (Å²) in [5.41, 5.74) is 3.01. The molecular formula is C16H24N4O. The van der Waals surface area contributed by atoms with Crippen molar-refractivity contribution < 1.29 is 4.74 Å². The highest BCUT2D eigenvalue weighted by molar-refractivity contribution is 5.52. The van der Waals surface area contributed by atoms with Gasteiger partial charge in [0.2, 0.25) is 0 Å². The van der Waals surface area contributed by atoms with Crippen molar-refractivity contribution >= 4 is 11.5 Å². The van der Waals surface area contributed by atoms with Crippen LogP contribution in [-0.2, 0) is 4.74 Å². The van der Waals surface area contributed by atoms with Crippen molar-refractivity contribution in [3.8, 4) is 0 Å². The maximum atomic E-state index is 5.56. The average Bonchev–Trinajstić information content (AvgIpc) is 2.85. The SMILES string of the molecule is CCOCC1CCN(c2cc(C)nc3cc(C)nn23)CC1. The maximum Gasteiger partial charge on any atom is 0.157 e. The highest BCUT2D eigenvalue weighted by Crippen LogP contribution is 2.24. The normalized spacial score (nSPS) is 16.8.